The molecule has 0 aliphatic carbocycles. The normalized spacial score (nSPS) is 10.2. The van der Waals surface area contributed by atoms with Crippen molar-refractivity contribution in [2.75, 3.05) is 26.3 Å². The van der Waals surface area contributed by atoms with Crippen LogP contribution in [0.5, 0.6) is 0 Å². The molecule has 0 aromatic rings. The van der Waals surface area contributed by atoms with Crippen LogP contribution < -0.4 is 5.32 Å². The molecule has 3 heteroatoms. The smallest absolute Gasteiger partial charge is 0.0478 e. The minimum atomic E-state index is 0.657. The molecule has 1 N–H and O–H groups in total. The van der Waals surface area contributed by atoms with Crippen molar-refractivity contribution < 1.29 is 4.74 Å². The molecule has 72 valence electrons. The predicted octanol–water partition coefficient (Wildman–Crippen LogP) is 2.15. The monoisotopic (exact) mass is 191 g/mol. The van der Waals surface area contributed by atoms with Crippen molar-refractivity contribution in [2.24, 2.45) is 0 Å². The quantitative estimate of drug-likeness (QED) is 0.594. The summed E-state index contributed by atoms with van der Waals surface area (Å²) in [6, 6.07) is 0. The summed E-state index contributed by atoms with van der Waals surface area (Å²) >= 11 is 5.55. The van der Waals surface area contributed by atoms with E-state index in [1.165, 1.54) is 0 Å². The highest BCUT2D eigenvalue weighted by Gasteiger charge is 1.89. The Kier molecular flexibility index (Phi) is 9.00. The molecule has 0 unspecified atom stereocenters. The van der Waals surface area contributed by atoms with E-state index in [2.05, 4.69) is 18.8 Å². The highest BCUT2D eigenvalue weighted by atomic mass is 35.5. The van der Waals surface area contributed by atoms with Crippen molar-refractivity contribution in [3.05, 3.63) is 11.6 Å². The molecule has 0 rings (SSSR count). The summed E-state index contributed by atoms with van der Waals surface area (Å²) in [7, 11) is 0. The van der Waals surface area contributed by atoms with Crippen molar-refractivity contribution in [3.63, 3.8) is 0 Å². The largest absolute Gasteiger partial charge is 0.381 e. The summed E-state index contributed by atoms with van der Waals surface area (Å²) in [4.78, 5) is 0. The van der Waals surface area contributed by atoms with E-state index in [1.807, 2.05) is 0 Å². The first kappa shape index (κ1) is 11.9. The van der Waals surface area contributed by atoms with Gasteiger partial charge in [-0.2, -0.15) is 0 Å². The highest BCUT2D eigenvalue weighted by Crippen LogP contribution is 1.92. The van der Waals surface area contributed by atoms with Gasteiger partial charge in [0.1, 0.15) is 0 Å². The highest BCUT2D eigenvalue weighted by molar-refractivity contribution is 6.29. The molecule has 0 aromatic heterocycles. The van der Waals surface area contributed by atoms with Gasteiger partial charge in [-0.05, 0) is 19.4 Å². The van der Waals surface area contributed by atoms with E-state index < -0.39 is 0 Å². The van der Waals surface area contributed by atoms with Gasteiger partial charge in [-0.25, -0.2) is 0 Å². The Labute approximate surface area is 79.9 Å². The van der Waals surface area contributed by atoms with Crippen molar-refractivity contribution in [1.82, 2.24) is 5.32 Å². The molecule has 0 saturated heterocycles. The molecule has 0 radical (unpaired) electrons. The second kappa shape index (κ2) is 9.04. The van der Waals surface area contributed by atoms with Crippen LogP contribution in [-0.4, -0.2) is 26.3 Å². The lowest BCUT2D eigenvalue weighted by molar-refractivity contribution is 0.132. The Hall–Kier alpha value is -0.0500. The molecular formula is C9H18ClNO. The van der Waals surface area contributed by atoms with Crippen LogP contribution in [0, 0.1) is 0 Å². The predicted molar refractivity (Wildman–Crippen MR) is 53.6 cm³/mol. The van der Waals surface area contributed by atoms with Crippen LogP contribution in [0.4, 0.5) is 0 Å². The first-order valence-electron chi connectivity index (χ1n) is 4.39. The van der Waals surface area contributed by atoms with Gasteiger partial charge in [0.25, 0.3) is 0 Å². The SMILES string of the molecule is C=C(Cl)CNCCCOCCC. The van der Waals surface area contributed by atoms with E-state index in [0.717, 1.165) is 32.6 Å². The van der Waals surface area contributed by atoms with E-state index in [0.29, 0.717) is 11.6 Å². The third-order valence-corrected chi connectivity index (χ3v) is 1.44. The van der Waals surface area contributed by atoms with Crippen LogP contribution in [0.15, 0.2) is 11.6 Å². The molecule has 0 fully saturated rings. The molecule has 0 aliphatic heterocycles. The number of ether oxygens (including phenoxy) is 1. The fourth-order valence-corrected chi connectivity index (χ4v) is 0.864. The van der Waals surface area contributed by atoms with Gasteiger partial charge in [0.2, 0.25) is 0 Å². The number of halogens is 1. The lowest BCUT2D eigenvalue weighted by atomic mass is 10.4. The van der Waals surface area contributed by atoms with Gasteiger partial charge in [0.05, 0.1) is 0 Å². The Morgan fingerprint density at radius 2 is 2.25 bits per heavy atom. The minimum Gasteiger partial charge on any atom is -0.381 e. The van der Waals surface area contributed by atoms with Crippen LogP contribution in [0.2, 0.25) is 0 Å². The van der Waals surface area contributed by atoms with Crippen LogP contribution in [0.25, 0.3) is 0 Å². The molecule has 0 aliphatic rings. The number of hydrogen-bond acceptors (Lipinski definition) is 2. The summed E-state index contributed by atoms with van der Waals surface area (Å²) in [5, 5.41) is 3.81. The molecule has 0 aromatic carbocycles. The molecule has 2 nitrogen and oxygen atoms in total. The van der Waals surface area contributed by atoms with Crippen LogP contribution in [-0.2, 0) is 4.74 Å². The molecule has 0 saturated carbocycles. The van der Waals surface area contributed by atoms with Gasteiger partial charge < -0.3 is 10.1 Å². The van der Waals surface area contributed by atoms with Crippen molar-refractivity contribution in [2.45, 2.75) is 19.8 Å². The third-order valence-electron chi connectivity index (χ3n) is 1.31. The fourth-order valence-electron chi connectivity index (χ4n) is 0.770. The van der Waals surface area contributed by atoms with Gasteiger partial charge in [-0.3, -0.25) is 0 Å². The van der Waals surface area contributed by atoms with Gasteiger partial charge in [0.15, 0.2) is 0 Å². The first-order chi connectivity index (χ1) is 5.77. The van der Waals surface area contributed by atoms with E-state index in [1.54, 1.807) is 0 Å². The van der Waals surface area contributed by atoms with E-state index in [-0.39, 0.29) is 0 Å². The van der Waals surface area contributed by atoms with Crippen molar-refractivity contribution in [1.29, 1.82) is 0 Å². The van der Waals surface area contributed by atoms with E-state index in [9.17, 15) is 0 Å². The number of nitrogens with one attached hydrogen (secondary N) is 1. The molecule has 0 heterocycles. The zero-order valence-electron chi connectivity index (χ0n) is 7.74. The molecule has 0 spiro atoms. The molecule has 0 amide bonds. The van der Waals surface area contributed by atoms with Gasteiger partial charge >= 0.3 is 0 Å². The topological polar surface area (TPSA) is 21.3 Å². The Balaban J connectivity index is 2.86. The van der Waals surface area contributed by atoms with Gasteiger partial charge in [-0.15, -0.1) is 0 Å². The summed E-state index contributed by atoms with van der Waals surface area (Å²) in [6.07, 6.45) is 2.12. The van der Waals surface area contributed by atoms with Crippen LogP contribution >= 0.6 is 11.6 Å². The maximum absolute atomic E-state index is 5.55. The second-order valence-corrected chi connectivity index (χ2v) is 3.19. The lowest BCUT2D eigenvalue weighted by Crippen LogP contribution is -2.18. The number of hydrogen-bond donors (Lipinski definition) is 1. The average molecular weight is 192 g/mol. The standard InChI is InChI=1S/C9H18ClNO/c1-3-6-12-7-4-5-11-8-9(2)10/h11H,2-8H2,1H3. The van der Waals surface area contributed by atoms with Crippen LogP contribution in [0.1, 0.15) is 19.8 Å². The minimum absolute atomic E-state index is 0.657. The first-order valence-corrected chi connectivity index (χ1v) is 4.77. The van der Waals surface area contributed by atoms with Gasteiger partial charge in [0, 0.05) is 24.8 Å². The fraction of sp³-hybridized carbons (Fsp3) is 0.778. The Morgan fingerprint density at radius 3 is 2.83 bits per heavy atom. The van der Waals surface area contributed by atoms with Gasteiger partial charge in [-0.1, -0.05) is 25.1 Å². The summed E-state index contributed by atoms with van der Waals surface area (Å²) in [5.74, 6) is 0. The molecule has 12 heavy (non-hydrogen) atoms. The maximum Gasteiger partial charge on any atom is 0.0478 e. The summed E-state index contributed by atoms with van der Waals surface area (Å²) in [6.45, 7) is 9.00. The van der Waals surface area contributed by atoms with Crippen molar-refractivity contribution >= 4 is 11.6 Å². The third kappa shape index (κ3) is 9.95. The van der Waals surface area contributed by atoms with Crippen LogP contribution in [0.3, 0.4) is 0 Å². The van der Waals surface area contributed by atoms with E-state index >= 15 is 0 Å². The summed E-state index contributed by atoms with van der Waals surface area (Å²) in [5.41, 5.74) is 0. The molecular weight excluding hydrogens is 174 g/mol. The lowest BCUT2D eigenvalue weighted by Gasteiger charge is -2.03. The maximum atomic E-state index is 5.55. The Morgan fingerprint density at radius 1 is 1.50 bits per heavy atom. The van der Waals surface area contributed by atoms with Crippen molar-refractivity contribution in [3.8, 4) is 0 Å². The Bertz CT molecular complexity index is 117. The molecule has 0 atom stereocenters. The summed E-state index contributed by atoms with van der Waals surface area (Å²) < 4.78 is 5.29. The second-order valence-electron chi connectivity index (χ2n) is 2.66. The number of rotatable bonds is 8. The zero-order valence-corrected chi connectivity index (χ0v) is 8.49. The van der Waals surface area contributed by atoms with E-state index in [4.69, 9.17) is 16.3 Å². The average Bonchev–Trinajstić information content (AvgIpc) is 2.02. The zero-order chi connectivity index (χ0) is 9.23. The molecule has 0 bridgehead atoms.